The zero-order valence-electron chi connectivity index (χ0n) is 23.7. The quantitative estimate of drug-likeness (QED) is 0.327. The van der Waals surface area contributed by atoms with Crippen LogP contribution in [0.2, 0.25) is 5.02 Å². The van der Waals surface area contributed by atoms with Gasteiger partial charge in [-0.25, -0.2) is 8.42 Å². The second-order valence-corrected chi connectivity index (χ2v) is 12.8. The molecule has 1 N–H and O–H groups in total. The van der Waals surface area contributed by atoms with Gasteiger partial charge in [-0.3, -0.25) is 9.59 Å². The highest BCUT2D eigenvalue weighted by atomic mass is 35.5. The summed E-state index contributed by atoms with van der Waals surface area (Å²) in [5, 5.41) is 3.53. The van der Waals surface area contributed by atoms with Crippen molar-refractivity contribution in [1.29, 1.82) is 0 Å². The number of ether oxygens (including phenoxy) is 2. The molecule has 3 aromatic carbocycles. The number of amides is 2. The summed E-state index contributed by atoms with van der Waals surface area (Å²) in [4.78, 5) is 28.9. The van der Waals surface area contributed by atoms with Crippen LogP contribution in [-0.4, -0.2) is 68.9 Å². The first kappa shape index (κ1) is 31.5. The van der Waals surface area contributed by atoms with Crippen LogP contribution in [0, 0.1) is 5.92 Å². The minimum atomic E-state index is -3.66. The molecule has 1 aliphatic heterocycles. The maximum atomic E-state index is 13.8. The maximum absolute atomic E-state index is 13.8. The molecule has 2 amide bonds. The molecule has 0 aromatic heterocycles. The smallest absolute Gasteiger partial charge is 0.261 e. The third-order valence-corrected chi connectivity index (χ3v) is 8.91. The molecule has 3 aromatic rings. The average molecular weight is 614 g/mol. The highest BCUT2D eigenvalue weighted by Gasteiger charge is 2.32. The van der Waals surface area contributed by atoms with Crippen molar-refractivity contribution in [3.8, 4) is 5.75 Å². The number of carbonyl (C=O) groups is 2. The fraction of sp³-hybridized carbons (Fsp3) is 0.355. The molecular weight excluding hydrogens is 578 g/mol. The van der Waals surface area contributed by atoms with E-state index >= 15 is 0 Å². The van der Waals surface area contributed by atoms with Gasteiger partial charge in [0.15, 0.2) is 6.61 Å². The van der Waals surface area contributed by atoms with Gasteiger partial charge in [0, 0.05) is 31.2 Å². The van der Waals surface area contributed by atoms with Gasteiger partial charge < -0.3 is 19.7 Å². The number of rotatable bonds is 12. The number of benzene rings is 3. The molecule has 1 atom stereocenters. The van der Waals surface area contributed by atoms with Crippen LogP contribution in [-0.2, 0) is 30.9 Å². The predicted octanol–water partition coefficient (Wildman–Crippen LogP) is 4.28. The Morgan fingerprint density at radius 1 is 0.976 bits per heavy atom. The summed E-state index contributed by atoms with van der Waals surface area (Å²) in [6.07, 6.45) is 0. The van der Waals surface area contributed by atoms with Crippen molar-refractivity contribution in [1.82, 2.24) is 14.5 Å². The molecule has 224 valence electrons. The van der Waals surface area contributed by atoms with Crippen LogP contribution in [0.3, 0.4) is 0 Å². The molecule has 1 saturated heterocycles. The van der Waals surface area contributed by atoms with Crippen molar-refractivity contribution < 1.29 is 27.5 Å². The van der Waals surface area contributed by atoms with E-state index in [9.17, 15) is 18.0 Å². The van der Waals surface area contributed by atoms with E-state index in [4.69, 9.17) is 21.1 Å². The molecule has 0 unspecified atom stereocenters. The zero-order chi connectivity index (χ0) is 30.1. The third-order valence-electron chi connectivity index (χ3n) is 6.74. The Morgan fingerprint density at radius 2 is 1.62 bits per heavy atom. The lowest BCUT2D eigenvalue weighted by molar-refractivity contribution is -0.143. The monoisotopic (exact) mass is 613 g/mol. The van der Waals surface area contributed by atoms with Gasteiger partial charge in [-0.05, 0) is 53.4 Å². The lowest BCUT2D eigenvalue weighted by Crippen LogP contribution is -2.45. The van der Waals surface area contributed by atoms with E-state index in [-0.39, 0.29) is 29.9 Å². The Morgan fingerprint density at radius 3 is 2.24 bits per heavy atom. The molecule has 1 aliphatic rings. The molecule has 1 fully saturated rings. The van der Waals surface area contributed by atoms with Crippen LogP contribution in [0.5, 0.6) is 5.75 Å². The van der Waals surface area contributed by atoms with Crippen LogP contribution in [0.1, 0.15) is 31.0 Å². The van der Waals surface area contributed by atoms with Gasteiger partial charge >= 0.3 is 0 Å². The van der Waals surface area contributed by atoms with E-state index in [0.717, 1.165) is 5.56 Å². The number of nitrogens with zero attached hydrogens (tertiary/aromatic N) is 2. The number of nitrogens with one attached hydrogen (secondary N) is 1. The number of hydrogen-bond donors (Lipinski definition) is 1. The topological polar surface area (TPSA) is 105 Å². The molecule has 9 nitrogen and oxygen atoms in total. The molecule has 0 bridgehead atoms. The van der Waals surface area contributed by atoms with Crippen molar-refractivity contribution in [3.63, 3.8) is 0 Å². The Bertz CT molecular complexity index is 1430. The number of morpholine rings is 1. The van der Waals surface area contributed by atoms with E-state index < -0.39 is 22.0 Å². The fourth-order valence-electron chi connectivity index (χ4n) is 4.49. The van der Waals surface area contributed by atoms with E-state index in [0.29, 0.717) is 49.2 Å². The van der Waals surface area contributed by atoms with Gasteiger partial charge in [0.2, 0.25) is 15.9 Å². The van der Waals surface area contributed by atoms with E-state index in [1.807, 2.05) is 56.3 Å². The summed E-state index contributed by atoms with van der Waals surface area (Å²) in [5.41, 5.74) is 1.46. The van der Waals surface area contributed by atoms with E-state index in [1.54, 1.807) is 12.1 Å². The zero-order valence-corrected chi connectivity index (χ0v) is 25.3. The summed E-state index contributed by atoms with van der Waals surface area (Å²) < 4.78 is 38.3. The van der Waals surface area contributed by atoms with Crippen LogP contribution in [0.25, 0.3) is 0 Å². The van der Waals surface area contributed by atoms with Crippen molar-refractivity contribution in [2.24, 2.45) is 5.92 Å². The number of carbonyl (C=O) groups excluding carboxylic acids is 2. The van der Waals surface area contributed by atoms with Crippen LogP contribution < -0.4 is 10.1 Å². The Hall–Kier alpha value is -3.44. The van der Waals surface area contributed by atoms with Crippen LogP contribution in [0.15, 0.2) is 83.8 Å². The van der Waals surface area contributed by atoms with Crippen molar-refractivity contribution in [2.45, 2.75) is 31.3 Å². The van der Waals surface area contributed by atoms with Gasteiger partial charge in [0.25, 0.3) is 5.91 Å². The molecule has 1 heterocycles. The van der Waals surface area contributed by atoms with Crippen molar-refractivity contribution >= 4 is 33.4 Å². The summed E-state index contributed by atoms with van der Waals surface area (Å²) in [6.45, 7) is 5.55. The highest BCUT2D eigenvalue weighted by Crippen LogP contribution is 2.26. The van der Waals surface area contributed by atoms with Gasteiger partial charge in [-0.15, -0.1) is 0 Å². The molecule has 0 spiro atoms. The SMILES string of the molecule is CC(C)CNC(=O)[C@H](c1ccccc1)N(Cc1ccc(Cl)cc1)C(=O)COc1ccc(S(=O)(=O)N2CCOCC2)cc1. The first-order chi connectivity index (χ1) is 20.1. The lowest BCUT2D eigenvalue weighted by atomic mass is 10.0. The molecule has 0 radical (unpaired) electrons. The third kappa shape index (κ3) is 8.32. The summed E-state index contributed by atoms with van der Waals surface area (Å²) >= 11 is 6.08. The first-order valence-corrected chi connectivity index (χ1v) is 15.6. The van der Waals surface area contributed by atoms with Crippen LogP contribution in [0.4, 0.5) is 0 Å². The molecule has 11 heteroatoms. The number of hydrogen-bond acceptors (Lipinski definition) is 6. The average Bonchev–Trinajstić information content (AvgIpc) is 3.00. The standard InChI is InChI=1S/C31H36ClN3O6S/c1-23(2)20-33-31(37)30(25-6-4-3-5-7-25)35(21-24-8-10-26(32)11-9-24)29(36)22-41-27-12-14-28(15-13-27)42(38,39)34-16-18-40-19-17-34/h3-15,23,30H,16-22H2,1-2H3,(H,33,37)/t30-/m0/s1. The molecule has 0 aliphatic carbocycles. The van der Waals surface area contributed by atoms with Crippen LogP contribution >= 0.6 is 11.6 Å². The van der Waals surface area contributed by atoms with Gasteiger partial charge in [-0.1, -0.05) is 67.9 Å². The normalized spacial score (nSPS) is 14.8. The molecule has 42 heavy (non-hydrogen) atoms. The minimum absolute atomic E-state index is 0.137. The van der Waals surface area contributed by atoms with Gasteiger partial charge in [0.1, 0.15) is 11.8 Å². The molecular formula is C31H36ClN3O6S. The van der Waals surface area contributed by atoms with Gasteiger partial charge in [0.05, 0.1) is 18.1 Å². The summed E-state index contributed by atoms with van der Waals surface area (Å²) in [5.74, 6) is -0.154. The Balaban J connectivity index is 1.55. The van der Waals surface area contributed by atoms with Gasteiger partial charge in [-0.2, -0.15) is 4.31 Å². The Kier molecular flexibility index (Phi) is 11.0. The summed E-state index contributed by atoms with van der Waals surface area (Å²) in [6, 6.07) is 21.3. The highest BCUT2D eigenvalue weighted by molar-refractivity contribution is 7.89. The largest absolute Gasteiger partial charge is 0.484 e. The summed E-state index contributed by atoms with van der Waals surface area (Å²) in [7, 11) is -3.66. The van der Waals surface area contributed by atoms with E-state index in [2.05, 4.69) is 5.32 Å². The fourth-order valence-corrected chi connectivity index (χ4v) is 6.03. The number of sulfonamides is 1. The lowest BCUT2D eigenvalue weighted by Gasteiger charge is -2.32. The second-order valence-electron chi connectivity index (χ2n) is 10.4. The first-order valence-electron chi connectivity index (χ1n) is 13.8. The predicted molar refractivity (Wildman–Crippen MR) is 161 cm³/mol. The second kappa shape index (κ2) is 14.6. The maximum Gasteiger partial charge on any atom is 0.261 e. The Labute approximate surface area is 252 Å². The van der Waals surface area contributed by atoms with Crippen molar-refractivity contribution in [3.05, 3.63) is 95.0 Å². The molecule has 4 rings (SSSR count). The molecule has 0 saturated carbocycles. The van der Waals surface area contributed by atoms with E-state index in [1.165, 1.54) is 33.5 Å². The number of halogens is 1. The van der Waals surface area contributed by atoms with Crippen molar-refractivity contribution in [2.75, 3.05) is 39.5 Å². The minimum Gasteiger partial charge on any atom is -0.484 e.